The molecule has 0 radical (unpaired) electrons. The highest BCUT2D eigenvalue weighted by Crippen LogP contribution is 2.28. The highest BCUT2D eigenvalue weighted by Gasteiger charge is 2.30. The molecule has 0 aliphatic carbocycles. The lowest BCUT2D eigenvalue weighted by molar-refractivity contribution is -0.0605. The highest BCUT2D eigenvalue weighted by atomic mass is 16.5. The Bertz CT molecular complexity index is 722. The van der Waals surface area contributed by atoms with Crippen molar-refractivity contribution in [2.75, 3.05) is 26.4 Å². The Labute approximate surface area is 141 Å². The number of ether oxygens (including phenoxy) is 2. The molecule has 0 saturated carbocycles. The number of carbonyl (C=O) groups excluding carboxylic acids is 1. The van der Waals surface area contributed by atoms with Crippen molar-refractivity contribution in [3.63, 3.8) is 0 Å². The molecule has 1 aliphatic rings. The van der Waals surface area contributed by atoms with E-state index in [0.29, 0.717) is 44.0 Å². The molecule has 1 fully saturated rings. The van der Waals surface area contributed by atoms with Crippen LogP contribution in [0.3, 0.4) is 0 Å². The normalized spacial score (nSPS) is 16.8. The summed E-state index contributed by atoms with van der Waals surface area (Å²) in [6.45, 7) is 3.63. The summed E-state index contributed by atoms with van der Waals surface area (Å²) >= 11 is 0. The summed E-state index contributed by atoms with van der Waals surface area (Å²) in [7, 11) is 0. The van der Waals surface area contributed by atoms with Gasteiger partial charge in [0.05, 0.1) is 17.8 Å². The molecule has 24 heavy (non-hydrogen) atoms. The van der Waals surface area contributed by atoms with E-state index in [2.05, 4.69) is 5.32 Å². The fourth-order valence-corrected chi connectivity index (χ4v) is 3.02. The third-order valence-corrected chi connectivity index (χ3v) is 4.42. The minimum absolute atomic E-state index is 0.212. The molecule has 1 amide bonds. The van der Waals surface area contributed by atoms with Crippen LogP contribution in [-0.4, -0.2) is 43.0 Å². The standard InChI is InChI=1S/C19H23NO4/c1-2-24-16-8-7-14-5-3-4-6-15(14)17(16)18(21)20-13-19(22)9-11-23-12-10-19/h3-8,22H,2,9-13H2,1H3,(H,20,21). The molecular formula is C19H23NO4. The zero-order valence-corrected chi connectivity index (χ0v) is 13.9. The van der Waals surface area contributed by atoms with Gasteiger partial charge in [-0.15, -0.1) is 0 Å². The van der Waals surface area contributed by atoms with Gasteiger partial charge in [0.2, 0.25) is 0 Å². The monoisotopic (exact) mass is 329 g/mol. The van der Waals surface area contributed by atoms with Gasteiger partial charge in [0.25, 0.3) is 5.91 Å². The summed E-state index contributed by atoms with van der Waals surface area (Å²) in [4.78, 5) is 12.8. The molecular weight excluding hydrogens is 306 g/mol. The maximum Gasteiger partial charge on any atom is 0.255 e. The smallest absolute Gasteiger partial charge is 0.255 e. The zero-order chi connectivity index (χ0) is 17.0. The maximum absolute atomic E-state index is 12.8. The second-order valence-electron chi connectivity index (χ2n) is 6.11. The summed E-state index contributed by atoms with van der Waals surface area (Å²) < 4.78 is 10.9. The number of rotatable bonds is 5. The van der Waals surface area contributed by atoms with Crippen molar-refractivity contribution >= 4 is 16.7 Å². The number of benzene rings is 2. The van der Waals surface area contributed by atoms with Crippen molar-refractivity contribution < 1.29 is 19.4 Å². The lowest BCUT2D eigenvalue weighted by Gasteiger charge is -2.32. The van der Waals surface area contributed by atoms with Crippen LogP contribution in [0.4, 0.5) is 0 Å². The van der Waals surface area contributed by atoms with Crippen LogP contribution in [0.15, 0.2) is 36.4 Å². The summed E-state index contributed by atoms with van der Waals surface area (Å²) in [5.41, 5.74) is -0.379. The minimum atomic E-state index is -0.899. The minimum Gasteiger partial charge on any atom is -0.493 e. The maximum atomic E-state index is 12.8. The molecule has 3 rings (SSSR count). The van der Waals surface area contributed by atoms with Crippen molar-refractivity contribution in [2.45, 2.75) is 25.4 Å². The topological polar surface area (TPSA) is 67.8 Å². The van der Waals surface area contributed by atoms with Gasteiger partial charge < -0.3 is 19.9 Å². The first-order valence-electron chi connectivity index (χ1n) is 8.36. The Hall–Kier alpha value is -2.11. The van der Waals surface area contributed by atoms with E-state index in [4.69, 9.17) is 9.47 Å². The van der Waals surface area contributed by atoms with E-state index in [9.17, 15) is 9.90 Å². The summed E-state index contributed by atoms with van der Waals surface area (Å²) in [6.07, 6.45) is 1.06. The van der Waals surface area contributed by atoms with E-state index in [0.717, 1.165) is 10.8 Å². The van der Waals surface area contributed by atoms with E-state index >= 15 is 0 Å². The van der Waals surface area contributed by atoms with Gasteiger partial charge in [0, 0.05) is 32.6 Å². The molecule has 1 heterocycles. The molecule has 0 aromatic heterocycles. The molecule has 0 bridgehead atoms. The second-order valence-corrected chi connectivity index (χ2v) is 6.11. The molecule has 128 valence electrons. The third-order valence-electron chi connectivity index (χ3n) is 4.42. The molecule has 2 aromatic carbocycles. The molecule has 1 aliphatic heterocycles. The quantitative estimate of drug-likeness (QED) is 0.884. The first-order valence-corrected chi connectivity index (χ1v) is 8.36. The van der Waals surface area contributed by atoms with E-state index < -0.39 is 5.60 Å². The van der Waals surface area contributed by atoms with Crippen molar-refractivity contribution in [3.05, 3.63) is 42.0 Å². The number of fused-ring (bicyclic) bond motifs is 1. The predicted molar refractivity (Wildman–Crippen MR) is 92.5 cm³/mol. The lowest BCUT2D eigenvalue weighted by Crippen LogP contribution is -2.46. The summed E-state index contributed by atoms with van der Waals surface area (Å²) in [5.74, 6) is 0.336. The van der Waals surface area contributed by atoms with E-state index in [1.165, 1.54) is 0 Å². The van der Waals surface area contributed by atoms with Gasteiger partial charge in [0.15, 0.2) is 0 Å². The average molecular weight is 329 g/mol. The van der Waals surface area contributed by atoms with Crippen molar-refractivity contribution in [2.24, 2.45) is 0 Å². The van der Waals surface area contributed by atoms with Gasteiger partial charge in [-0.05, 0) is 23.8 Å². The van der Waals surface area contributed by atoms with Crippen molar-refractivity contribution in [1.29, 1.82) is 0 Å². The number of nitrogens with one attached hydrogen (secondary N) is 1. The molecule has 0 spiro atoms. The molecule has 5 heteroatoms. The Morgan fingerprint density at radius 2 is 2.00 bits per heavy atom. The van der Waals surface area contributed by atoms with Crippen LogP contribution in [0.25, 0.3) is 10.8 Å². The van der Waals surface area contributed by atoms with Crippen LogP contribution in [0.2, 0.25) is 0 Å². The fourth-order valence-electron chi connectivity index (χ4n) is 3.02. The van der Waals surface area contributed by atoms with Crippen LogP contribution in [0.1, 0.15) is 30.1 Å². The largest absolute Gasteiger partial charge is 0.493 e. The van der Waals surface area contributed by atoms with Crippen LogP contribution >= 0.6 is 0 Å². The van der Waals surface area contributed by atoms with Crippen LogP contribution in [0.5, 0.6) is 5.75 Å². The Morgan fingerprint density at radius 3 is 2.75 bits per heavy atom. The van der Waals surface area contributed by atoms with Gasteiger partial charge in [-0.3, -0.25) is 4.79 Å². The third kappa shape index (κ3) is 3.52. The van der Waals surface area contributed by atoms with Gasteiger partial charge in [-0.1, -0.05) is 30.3 Å². The summed E-state index contributed by atoms with van der Waals surface area (Å²) in [5, 5.41) is 15.2. The molecule has 5 nitrogen and oxygen atoms in total. The van der Waals surface area contributed by atoms with E-state index in [1.54, 1.807) is 0 Å². The highest BCUT2D eigenvalue weighted by molar-refractivity contribution is 6.09. The average Bonchev–Trinajstić information content (AvgIpc) is 2.60. The fraction of sp³-hybridized carbons (Fsp3) is 0.421. The first-order chi connectivity index (χ1) is 11.6. The van der Waals surface area contributed by atoms with E-state index in [-0.39, 0.29) is 12.5 Å². The number of amides is 1. The molecule has 1 saturated heterocycles. The Kier molecular flexibility index (Phi) is 5.02. The van der Waals surface area contributed by atoms with Crippen molar-refractivity contribution in [3.8, 4) is 5.75 Å². The molecule has 2 N–H and O–H groups in total. The van der Waals surface area contributed by atoms with Crippen LogP contribution in [-0.2, 0) is 4.74 Å². The number of aliphatic hydroxyl groups is 1. The van der Waals surface area contributed by atoms with Gasteiger partial charge in [0.1, 0.15) is 5.75 Å². The van der Waals surface area contributed by atoms with Crippen LogP contribution < -0.4 is 10.1 Å². The van der Waals surface area contributed by atoms with Gasteiger partial charge >= 0.3 is 0 Å². The SMILES string of the molecule is CCOc1ccc2ccccc2c1C(=O)NCC1(O)CCOCC1. The van der Waals surface area contributed by atoms with E-state index in [1.807, 2.05) is 43.3 Å². The molecule has 0 atom stereocenters. The van der Waals surface area contributed by atoms with Gasteiger partial charge in [-0.25, -0.2) is 0 Å². The molecule has 0 unspecified atom stereocenters. The van der Waals surface area contributed by atoms with Gasteiger partial charge in [-0.2, -0.15) is 0 Å². The molecule has 2 aromatic rings. The zero-order valence-electron chi connectivity index (χ0n) is 13.9. The second kappa shape index (κ2) is 7.20. The Morgan fingerprint density at radius 1 is 1.25 bits per heavy atom. The first kappa shape index (κ1) is 16.7. The lowest BCUT2D eigenvalue weighted by atomic mass is 9.94. The summed E-state index contributed by atoms with van der Waals surface area (Å²) in [6, 6.07) is 11.5. The number of hydrogen-bond donors (Lipinski definition) is 2. The predicted octanol–water partition coefficient (Wildman–Crippen LogP) is 2.51. The number of carbonyl (C=O) groups is 1. The Balaban J connectivity index is 1.86. The van der Waals surface area contributed by atoms with Crippen molar-refractivity contribution in [1.82, 2.24) is 5.32 Å². The number of hydrogen-bond acceptors (Lipinski definition) is 4. The van der Waals surface area contributed by atoms with Crippen LogP contribution in [0, 0.1) is 0 Å².